The molecule has 1 fully saturated rings. The topological polar surface area (TPSA) is 55.4 Å². The zero-order valence-electron chi connectivity index (χ0n) is 11.4. The normalized spacial score (nSPS) is 25.0. The van der Waals surface area contributed by atoms with Gasteiger partial charge in [0.1, 0.15) is 5.75 Å². The van der Waals surface area contributed by atoms with Gasteiger partial charge in [0.05, 0.1) is 11.5 Å². The van der Waals surface area contributed by atoms with Crippen LogP contribution in [0, 0.1) is 0 Å². The predicted molar refractivity (Wildman–Crippen MR) is 71.6 cm³/mol. The van der Waals surface area contributed by atoms with Crippen molar-refractivity contribution >= 4 is 9.84 Å². The minimum Gasteiger partial charge on any atom is -0.405 e. The standard InChI is InChI=1S/C13H16F3NO3S/c1-12(6-7-21(18,19)9-12)17-8-10-4-2-3-5-11(10)20-13(14,15)16/h2-5,17H,6-9H2,1H3. The zero-order valence-corrected chi connectivity index (χ0v) is 12.2. The highest BCUT2D eigenvalue weighted by atomic mass is 32.2. The number of benzene rings is 1. The molecule has 118 valence electrons. The molecule has 0 amide bonds. The first kappa shape index (κ1) is 16.1. The molecule has 4 nitrogen and oxygen atoms in total. The van der Waals surface area contributed by atoms with Gasteiger partial charge in [0, 0.05) is 17.6 Å². The molecule has 8 heteroatoms. The fourth-order valence-electron chi connectivity index (χ4n) is 2.33. The number of sulfone groups is 1. The van der Waals surface area contributed by atoms with Gasteiger partial charge in [-0.25, -0.2) is 8.42 Å². The number of para-hydroxylation sites is 1. The molecule has 1 heterocycles. The second-order valence-electron chi connectivity index (χ2n) is 5.41. The third-order valence-corrected chi connectivity index (χ3v) is 5.31. The molecule has 0 aromatic heterocycles. The van der Waals surface area contributed by atoms with E-state index >= 15 is 0 Å². The molecule has 2 rings (SSSR count). The Labute approximate surface area is 121 Å². The Morgan fingerprint density at radius 1 is 1.33 bits per heavy atom. The minimum atomic E-state index is -4.75. The third-order valence-electron chi connectivity index (χ3n) is 3.41. The van der Waals surface area contributed by atoms with Gasteiger partial charge in [-0.1, -0.05) is 18.2 Å². The summed E-state index contributed by atoms with van der Waals surface area (Å²) in [5.74, 6) is -0.193. The number of hydrogen-bond donors (Lipinski definition) is 1. The predicted octanol–water partition coefficient (Wildman–Crippen LogP) is 2.25. The van der Waals surface area contributed by atoms with E-state index in [-0.39, 0.29) is 23.8 Å². The molecular formula is C13H16F3NO3S. The van der Waals surface area contributed by atoms with Crippen molar-refractivity contribution in [2.45, 2.75) is 31.8 Å². The maximum atomic E-state index is 12.3. The highest BCUT2D eigenvalue weighted by molar-refractivity contribution is 7.91. The molecule has 0 bridgehead atoms. The summed E-state index contributed by atoms with van der Waals surface area (Å²) in [5, 5.41) is 3.03. The minimum absolute atomic E-state index is 0.0116. The van der Waals surface area contributed by atoms with E-state index < -0.39 is 21.7 Å². The van der Waals surface area contributed by atoms with Crippen LogP contribution in [0.3, 0.4) is 0 Å². The van der Waals surface area contributed by atoms with Gasteiger partial charge in [-0.15, -0.1) is 13.2 Å². The van der Waals surface area contributed by atoms with Crippen molar-refractivity contribution in [2.24, 2.45) is 0 Å². The molecule has 1 aliphatic heterocycles. The van der Waals surface area contributed by atoms with Crippen LogP contribution in [-0.2, 0) is 16.4 Å². The van der Waals surface area contributed by atoms with Crippen LogP contribution >= 0.6 is 0 Å². The molecular weight excluding hydrogens is 307 g/mol. The number of alkyl halides is 3. The van der Waals surface area contributed by atoms with Crippen LogP contribution in [0.1, 0.15) is 18.9 Å². The van der Waals surface area contributed by atoms with E-state index in [0.29, 0.717) is 12.0 Å². The maximum absolute atomic E-state index is 12.3. The van der Waals surface area contributed by atoms with Crippen LogP contribution in [-0.4, -0.2) is 31.8 Å². The van der Waals surface area contributed by atoms with Gasteiger partial charge in [-0.3, -0.25) is 0 Å². The monoisotopic (exact) mass is 323 g/mol. The fraction of sp³-hybridized carbons (Fsp3) is 0.538. The lowest BCUT2D eigenvalue weighted by Crippen LogP contribution is -2.42. The first-order valence-electron chi connectivity index (χ1n) is 6.38. The first-order valence-corrected chi connectivity index (χ1v) is 8.20. The Kier molecular flexibility index (Phi) is 4.21. The Morgan fingerprint density at radius 2 is 2.00 bits per heavy atom. The summed E-state index contributed by atoms with van der Waals surface area (Å²) in [6, 6.07) is 5.80. The van der Waals surface area contributed by atoms with Crippen molar-refractivity contribution in [3.05, 3.63) is 29.8 Å². The Morgan fingerprint density at radius 3 is 2.57 bits per heavy atom. The van der Waals surface area contributed by atoms with Gasteiger partial charge in [0.15, 0.2) is 9.84 Å². The summed E-state index contributed by atoms with van der Waals surface area (Å²) in [6.45, 7) is 1.86. The maximum Gasteiger partial charge on any atom is 0.573 e. The van der Waals surface area contributed by atoms with E-state index in [4.69, 9.17) is 0 Å². The van der Waals surface area contributed by atoms with Crippen molar-refractivity contribution < 1.29 is 26.3 Å². The summed E-state index contributed by atoms with van der Waals surface area (Å²) in [5.41, 5.74) is -0.287. The second-order valence-corrected chi connectivity index (χ2v) is 7.60. The SMILES string of the molecule is CC1(NCc2ccccc2OC(F)(F)F)CCS(=O)(=O)C1. The van der Waals surface area contributed by atoms with Gasteiger partial charge in [0.25, 0.3) is 0 Å². The lowest BCUT2D eigenvalue weighted by molar-refractivity contribution is -0.274. The van der Waals surface area contributed by atoms with Crippen LogP contribution in [0.4, 0.5) is 13.2 Å². The van der Waals surface area contributed by atoms with Crippen molar-refractivity contribution in [3.63, 3.8) is 0 Å². The van der Waals surface area contributed by atoms with Crippen molar-refractivity contribution in [1.29, 1.82) is 0 Å². The van der Waals surface area contributed by atoms with Gasteiger partial charge < -0.3 is 10.1 Å². The van der Waals surface area contributed by atoms with Crippen molar-refractivity contribution in [1.82, 2.24) is 5.32 Å². The van der Waals surface area contributed by atoms with Crippen LogP contribution < -0.4 is 10.1 Å². The number of hydrogen-bond acceptors (Lipinski definition) is 4. The molecule has 1 unspecified atom stereocenters. The molecule has 1 atom stereocenters. The number of rotatable bonds is 4. The van der Waals surface area contributed by atoms with Crippen molar-refractivity contribution in [2.75, 3.05) is 11.5 Å². The number of halogens is 3. The van der Waals surface area contributed by atoms with Crippen LogP contribution in [0.25, 0.3) is 0 Å². The van der Waals surface area contributed by atoms with Crippen LogP contribution in [0.15, 0.2) is 24.3 Å². The largest absolute Gasteiger partial charge is 0.573 e. The molecule has 0 radical (unpaired) electrons. The third kappa shape index (κ3) is 4.60. The summed E-state index contributed by atoms with van der Waals surface area (Å²) < 4.78 is 63.9. The van der Waals surface area contributed by atoms with E-state index in [9.17, 15) is 21.6 Å². The Balaban J connectivity index is 2.07. The smallest absolute Gasteiger partial charge is 0.405 e. The second kappa shape index (κ2) is 5.49. The molecule has 1 aliphatic rings. The molecule has 1 aromatic rings. The molecule has 0 aliphatic carbocycles. The van der Waals surface area contributed by atoms with Gasteiger partial charge in [0.2, 0.25) is 0 Å². The van der Waals surface area contributed by atoms with E-state index in [0.717, 1.165) is 0 Å². The quantitative estimate of drug-likeness (QED) is 0.923. The van der Waals surface area contributed by atoms with E-state index in [2.05, 4.69) is 10.1 Å². The van der Waals surface area contributed by atoms with Gasteiger partial charge in [-0.05, 0) is 19.4 Å². The highest BCUT2D eigenvalue weighted by Crippen LogP contribution is 2.28. The average molecular weight is 323 g/mol. The summed E-state index contributed by atoms with van der Waals surface area (Å²) in [6.07, 6.45) is -4.31. The molecule has 0 saturated carbocycles. The molecule has 1 N–H and O–H groups in total. The molecule has 0 spiro atoms. The Bertz CT molecular complexity index is 615. The summed E-state index contributed by atoms with van der Waals surface area (Å²) in [7, 11) is -3.07. The van der Waals surface area contributed by atoms with E-state index in [1.165, 1.54) is 18.2 Å². The lowest BCUT2D eigenvalue weighted by Gasteiger charge is -2.24. The number of ether oxygens (including phenoxy) is 1. The van der Waals surface area contributed by atoms with Gasteiger partial charge >= 0.3 is 6.36 Å². The average Bonchev–Trinajstić information content (AvgIpc) is 2.61. The lowest BCUT2D eigenvalue weighted by atomic mass is 10.0. The van der Waals surface area contributed by atoms with E-state index in [1.54, 1.807) is 13.0 Å². The van der Waals surface area contributed by atoms with Crippen LogP contribution in [0.5, 0.6) is 5.75 Å². The van der Waals surface area contributed by atoms with E-state index in [1.807, 2.05) is 0 Å². The van der Waals surface area contributed by atoms with Crippen LogP contribution in [0.2, 0.25) is 0 Å². The van der Waals surface area contributed by atoms with Gasteiger partial charge in [-0.2, -0.15) is 0 Å². The summed E-state index contributed by atoms with van der Waals surface area (Å²) in [4.78, 5) is 0. The fourth-order valence-corrected chi connectivity index (χ4v) is 4.46. The molecule has 21 heavy (non-hydrogen) atoms. The highest BCUT2D eigenvalue weighted by Gasteiger charge is 2.38. The zero-order chi connectivity index (χ0) is 15.7. The van der Waals surface area contributed by atoms with Crippen molar-refractivity contribution in [3.8, 4) is 5.75 Å². The molecule has 1 aromatic carbocycles. The molecule has 1 saturated heterocycles. The number of nitrogens with one attached hydrogen (secondary N) is 1. The first-order chi connectivity index (χ1) is 9.59. The Hall–Kier alpha value is -1.28. The summed E-state index contributed by atoms with van der Waals surface area (Å²) >= 11 is 0.